The van der Waals surface area contributed by atoms with Gasteiger partial charge in [-0.1, -0.05) is 30.3 Å². The third-order valence-corrected chi connectivity index (χ3v) is 3.02. The zero-order valence-corrected chi connectivity index (χ0v) is 9.18. The van der Waals surface area contributed by atoms with Crippen molar-refractivity contribution in [3.63, 3.8) is 0 Å². The Kier molecular flexibility index (Phi) is 3.76. The highest BCUT2D eigenvalue weighted by Gasteiger charge is 2.43. The maximum atomic E-state index is 9.86. The number of aliphatic hydroxyl groups excluding tert-OH is 4. The fourth-order valence-corrected chi connectivity index (χ4v) is 2.02. The molecule has 5 atom stereocenters. The first-order valence-corrected chi connectivity index (χ1v) is 5.50. The van der Waals surface area contributed by atoms with Gasteiger partial charge >= 0.3 is 0 Å². The molecule has 0 bridgehead atoms. The quantitative estimate of drug-likeness (QED) is 0.543. The molecule has 0 saturated carbocycles. The first-order chi connectivity index (χ1) is 8.15. The van der Waals surface area contributed by atoms with Crippen molar-refractivity contribution in [1.82, 2.24) is 0 Å². The molecular formula is C12H16O5. The molecule has 3 unspecified atom stereocenters. The number of rotatable bonds is 2. The van der Waals surface area contributed by atoms with Crippen LogP contribution >= 0.6 is 0 Å². The molecular weight excluding hydrogens is 224 g/mol. The normalized spacial score (nSPS) is 38.0. The summed E-state index contributed by atoms with van der Waals surface area (Å²) in [6, 6.07) is 8.92. The first-order valence-electron chi connectivity index (χ1n) is 5.50. The molecule has 5 heteroatoms. The van der Waals surface area contributed by atoms with Crippen LogP contribution in [0, 0.1) is 0 Å². The van der Waals surface area contributed by atoms with Crippen molar-refractivity contribution >= 4 is 0 Å². The Morgan fingerprint density at radius 1 is 0.941 bits per heavy atom. The first kappa shape index (κ1) is 12.5. The molecule has 1 heterocycles. The van der Waals surface area contributed by atoms with Crippen LogP contribution in [0.25, 0.3) is 0 Å². The van der Waals surface area contributed by atoms with E-state index in [1.807, 2.05) is 6.07 Å². The van der Waals surface area contributed by atoms with Crippen LogP contribution in [0.15, 0.2) is 30.3 Å². The van der Waals surface area contributed by atoms with E-state index in [0.717, 1.165) is 0 Å². The second-order valence-electron chi connectivity index (χ2n) is 4.16. The van der Waals surface area contributed by atoms with E-state index >= 15 is 0 Å². The van der Waals surface area contributed by atoms with Crippen LogP contribution in [0.4, 0.5) is 0 Å². The van der Waals surface area contributed by atoms with Crippen molar-refractivity contribution in [2.24, 2.45) is 0 Å². The molecule has 1 aromatic rings. The summed E-state index contributed by atoms with van der Waals surface area (Å²) in [7, 11) is 0. The second-order valence-corrected chi connectivity index (χ2v) is 4.16. The predicted octanol–water partition coefficient (Wildman–Crippen LogP) is -0.799. The Labute approximate surface area is 98.9 Å². The van der Waals surface area contributed by atoms with Crippen molar-refractivity contribution < 1.29 is 25.2 Å². The van der Waals surface area contributed by atoms with Crippen LogP contribution in [0.2, 0.25) is 0 Å². The molecule has 0 radical (unpaired) electrons. The third kappa shape index (κ3) is 2.34. The Bertz CT molecular complexity index is 353. The molecule has 94 valence electrons. The topological polar surface area (TPSA) is 90.2 Å². The lowest BCUT2D eigenvalue weighted by atomic mass is 9.91. The van der Waals surface area contributed by atoms with Gasteiger partial charge in [-0.3, -0.25) is 0 Å². The minimum Gasteiger partial charge on any atom is -0.394 e. The molecule has 1 aromatic carbocycles. The lowest BCUT2D eigenvalue weighted by molar-refractivity contribution is -0.231. The van der Waals surface area contributed by atoms with Gasteiger partial charge in [0.05, 0.1) is 6.61 Å². The molecule has 17 heavy (non-hydrogen) atoms. The van der Waals surface area contributed by atoms with E-state index in [4.69, 9.17) is 9.84 Å². The summed E-state index contributed by atoms with van der Waals surface area (Å²) < 4.78 is 5.41. The van der Waals surface area contributed by atoms with Crippen LogP contribution in [-0.4, -0.2) is 51.4 Å². The van der Waals surface area contributed by atoms with Crippen LogP contribution in [0.1, 0.15) is 11.7 Å². The SMILES string of the molecule is OC[C@H]1OC(c2ccccc2)C(O)[C@@H](O)C1O. The van der Waals surface area contributed by atoms with Gasteiger partial charge in [-0.05, 0) is 5.56 Å². The highest BCUT2D eigenvalue weighted by molar-refractivity contribution is 5.20. The highest BCUT2D eigenvalue weighted by Crippen LogP contribution is 2.31. The molecule has 1 aliphatic rings. The molecule has 0 aliphatic carbocycles. The zero-order valence-electron chi connectivity index (χ0n) is 9.18. The predicted molar refractivity (Wildman–Crippen MR) is 59.2 cm³/mol. The minimum absolute atomic E-state index is 0.408. The number of hydrogen-bond donors (Lipinski definition) is 4. The summed E-state index contributed by atoms with van der Waals surface area (Å²) in [5.74, 6) is 0. The Morgan fingerprint density at radius 3 is 2.18 bits per heavy atom. The van der Waals surface area contributed by atoms with Crippen LogP contribution in [0.3, 0.4) is 0 Å². The smallest absolute Gasteiger partial charge is 0.113 e. The number of ether oxygens (including phenoxy) is 1. The maximum Gasteiger partial charge on any atom is 0.113 e. The van der Waals surface area contributed by atoms with Gasteiger partial charge in [-0.2, -0.15) is 0 Å². The highest BCUT2D eigenvalue weighted by atomic mass is 16.5. The summed E-state index contributed by atoms with van der Waals surface area (Å²) >= 11 is 0. The number of hydrogen-bond acceptors (Lipinski definition) is 5. The molecule has 0 spiro atoms. The zero-order chi connectivity index (χ0) is 12.4. The van der Waals surface area contributed by atoms with E-state index in [9.17, 15) is 15.3 Å². The Hall–Kier alpha value is -0.980. The van der Waals surface area contributed by atoms with Gasteiger partial charge in [0.2, 0.25) is 0 Å². The van der Waals surface area contributed by atoms with Gasteiger partial charge in [-0.25, -0.2) is 0 Å². The van der Waals surface area contributed by atoms with Crippen molar-refractivity contribution in [2.45, 2.75) is 30.5 Å². The molecule has 0 aromatic heterocycles. The lowest BCUT2D eigenvalue weighted by Gasteiger charge is -2.40. The average Bonchev–Trinajstić information content (AvgIpc) is 2.37. The summed E-state index contributed by atoms with van der Waals surface area (Å²) in [5.41, 5.74) is 0.699. The van der Waals surface area contributed by atoms with Crippen molar-refractivity contribution in [3.05, 3.63) is 35.9 Å². The summed E-state index contributed by atoms with van der Waals surface area (Å²) in [6.07, 6.45) is -5.46. The van der Waals surface area contributed by atoms with Crippen molar-refractivity contribution in [1.29, 1.82) is 0 Å². The van der Waals surface area contributed by atoms with Gasteiger partial charge in [0.25, 0.3) is 0 Å². The van der Waals surface area contributed by atoms with E-state index < -0.39 is 37.1 Å². The summed E-state index contributed by atoms with van der Waals surface area (Å²) in [6.45, 7) is -0.408. The number of benzene rings is 1. The largest absolute Gasteiger partial charge is 0.394 e. The second kappa shape index (κ2) is 5.12. The molecule has 0 amide bonds. The molecule has 1 fully saturated rings. The third-order valence-electron chi connectivity index (χ3n) is 3.02. The van der Waals surface area contributed by atoms with E-state index in [-0.39, 0.29) is 0 Å². The van der Waals surface area contributed by atoms with Crippen molar-refractivity contribution in [2.75, 3.05) is 6.61 Å². The minimum atomic E-state index is -1.33. The maximum absolute atomic E-state index is 9.86. The van der Waals surface area contributed by atoms with E-state index in [1.54, 1.807) is 24.3 Å². The fourth-order valence-electron chi connectivity index (χ4n) is 2.02. The molecule has 4 N–H and O–H groups in total. The van der Waals surface area contributed by atoms with Crippen LogP contribution in [-0.2, 0) is 4.74 Å². The Balaban J connectivity index is 2.23. The fraction of sp³-hybridized carbons (Fsp3) is 0.500. The van der Waals surface area contributed by atoms with E-state index in [1.165, 1.54) is 0 Å². The number of aliphatic hydroxyl groups is 4. The van der Waals surface area contributed by atoms with E-state index in [2.05, 4.69) is 0 Å². The van der Waals surface area contributed by atoms with E-state index in [0.29, 0.717) is 5.56 Å². The van der Waals surface area contributed by atoms with Gasteiger partial charge in [0.1, 0.15) is 30.5 Å². The lowest BCUT2D eigenvalue weighted by Crippen LogP contribution is -2.55. The van der Waals surface area contributed by atoms with Gasteiger partial charge < -0.3 is 25.2 Å². The summed E-state index contributed by atoms with van der Waals surface area (Å²) in [5, 5.41) is 38.2. The van der Waals surface area contributed by atoms with Gasteiger partial charge in [0.15, 0.2) is 0 Å². The molecule has 1 aliphatic heterocycles. The van der Waals surface area contributed by atoms with Gasteiger partial charge in [0, 0.05) is 0 Å². The molecule has 5 nitrogen and oxygen atoms in total. The Morgan fingerprint density at radius 2 is 1.59 bits per heavy atom. The summed E-state index contributed by atoms with van der Waals surface area (Å²) in [4.78, 5) is 0. The molecule has 1 saturated heterocycles. The molecule has 2 rings (SSSR count). The standard InChI is InChI=1S/C12H16O5/c13-6-8-9(14)10(15)11(16)12(17-8)7-4-2-1-3-5-7/h1-5,8-16H,6H2/t8-,9?,10+,11?,12?/m1/s1. The monoisotopic (exact) mass is 240 g/mol. The van der Waals surface area contributed by atoms with Crippen molar-refractivity contribution in [3.8, 4) is 0 Å². The van der Waals surface area contributed by atoms with Gasteiger partial charge in [-0.15, -0.1) is 0 Å². The van der Waals surface area contributed by atoms with Crippen LogP contribution < -0.4 is 0 Å². The average molecular weight is 240 g/mol. The van der Waals surface area contributed by atoms with Crippen LogP contribution in [0.5, 0.6) is 0 Å².